The number of nitrogens with zero attached hydrogens (tertiary/aromatic N) is 2. The van der Waals surface area contributed by atoms with Gasteiger partial charge in [-0.1, -0.05) is 30.3 Å². The Balaban J connectivity index is 2.10. The van der Waals surface area contributed by atoms with Crippen LogP contribution >= 0.6 is 0 Å². The molecule has 23 heavy (non-hydrogen) atoms. The summed E-state index contributed by atoms with van der Waals surface area (Å²) < 4.78 is 6.80. The lowest BCUT2D eigenvalue weighted by Gasteiger charge is -2.05. The van der Waals surface area contributed by atoms with E-state index in [0.29, 0.717) is 22.4 Å². The van der Waals surface area contributed by atoms with E-state index < -0.39 is 5.63 Å². The van der Waals surface area contributed by atoms with Crippen LogP contribution in [0.1, 0.15) is 11.7 Å². The number of para-hydroxylation sites is 3. The van der Waals surface area contributed by atoms with E-state index in [1.54, 1.807) is 30.3 Å². The van der Waals surface area contributed by atoms with Gasteiger partial charge in [0.2, 0.25) is 5.91 Å². The summed E-state index contributed by atoms with van der Waals surface area (Å²) >= 11 is 0. The standard InChI is InChI=1S/C18H12N2O3/c1-11(21)20-15-8-4-3-7-14(15)19-17(20)13-10-12-6-2-5-9-16(12)23-18(13)22/h2-10H,1H3. The van der Waals surface area contributed by atoms with E-state index in [4.69, 9.17) is 4.42 Å². The molecule has 4 rings (SSSR count). The van der Waals surface area contributed by atoms with Crippen molar-refractivity contribution in [3.8, 4) is 11.4 Å². The highest BCUT2D eigenvalue weighted by molar-refractivity contribution is 5.94. The second-order valence-corrected chi connectivity index (χ2v) is 5.26. The molecule has 0 bridgehead atoms. The minimum absolute atomic E-state index is 0.207. The molecule has 0 spiro atoms. The molecule has 0 unspecified atom stereocenters. The molecule has 5 nitrogen and oxygen atoms in total. The van der Waals surface area contributed by atoms with Crippen LogP contribution in [-0.2, 0) is 0 Å². The Kier molecular flexibility index (Phi) is 2.87. The average molecular weight is 304 g/mol. The molecule has 0 aliphatic rings. The SMILES string of the molecule is CC(=O)n1c(-c2cc3ccccc3oc2=O)nc2ccccc21. The maximum atomic E-state index is 12.4. The fraction of sp³-hybridized carbons (Fsp3) is 0.0556. The molecule has 0 atom stereocenters. The lowest BCUT2D eigenvalue weighted by molar-refractivity contribution is 0.0943. The van der Waals surface area contributed by atoms with Crippen molar-refractivity contribution in [3.63, 3.8) is 0 Å². The van der Waals surface area contributed by atoms with Crippen LogP contribution in [-0.4, -0.2) is 15.5 Å². The summed E-state index contributed by atoms with van der Waals surface area (Å²) in [7, 11) is 0. The lowest BCUT2D eigenvalue weighted by Crippen LogP contribution is -2.12. The predicted molar refractivity (Wildman–Crippen MR) is 87.5 cm³/mol. The molecule has 0 saturated carbocycles. The minimum Gasteiger partial charge on any atom is -0.422 e. The van der Waals surface area contributed by atoms with Crippen LogP contribution in [0.25, 0.3) is 33.4 Å². The molecule has 0 aliphatic heterocycles. The Bertz CT molecular complexity index is 1120. The van der Waals surface area contributed by atoms with Crippen LogP contribution in [0.4, 0.5) is 0 Å². The summed E-state index contributed by atoms with van der Waals surface area (Å²) in [4.78, 5) is 28.9. The predicted octanol–water partition coefficient (Wildman–Crippen LogP) is 3.47. The summed E-state index contributed by atoms with van der Waals surface area (Å²) in [5.41, 5.74) is 1.59. The first-order chi connectivity index (χ1) is 11.1. The Labute approximate surface area is 130 Å². The largest absolute Gasteiger partial charge is 0.422 e. The smallest absolute Gasteiger partial charge is 0.347 e. The van der Waals surface area contributed by atoms with Crippen LogP contribution in [0.3, 0.4) is 0 Å². The monoisotopic (exact) mass is 304 g/mol. The first kappa shape index (κ1) is 13.5. The molecule has 0 fully saturated rings. The number of imidazole rings is 1. The third kappa shape index (κ3) is 2.05. The van der Waals surface area contributed by atoms with Crippen LogP contribution < -0.4 is 5.63 Å². The zero-order chi connectivity index (χ0) is 16.0. The van der Waals surface area contributed by atoms with Crippen molar-refractivity contribution in [1.29, 1.82) is 0 Å². The highest BCUT2D eigenvalue weighted by Crippen LogP contribution is 2.25. The number of carbonyl (C=O) groups is 1. The molecule has 2 aromatic carbocycles. The van der Waals surface area contributed by atoms with Gasteiger partial charge in [-0.15, -0.1) is 0 Å². The van der Waals surface area contributed by atoms with Gasteiger partial charge < -0.3 is 4.42 Å². The third-order valence-electron chi connectivity index (χ3n) is 3.76. The molecule has 2 heterocycles. The number of benzene rings is 2. The lowest BCUT2D eigenvalue weighted by atomic mass is 10.2. The van der Waals surface area contributed by atoms with Gasteiger partial charge in [-0.3, -0.25) is 9.36 Å². The van der Waals surface area contributed by atoms with Crippen LogP contribution in [0.5, 0.6) is 0 Å². The minimum atomic E-state index is -0.512. The highest BCUT2D eigenvalue weighted by atomic mass is 16.4. The molecule has 112 valence electrons. The molecule has 2 aromatic heterocycles. The zero-order valence-corrected chi connectivity index (χ0v) is 12.3. The fourth-order valence-electron chi connectivity index (χ4n) is 2.74. The Morgan fingerprint density at radius 3 is 2.65 bits per heavy atom. The van der Waals surface area contributed by atoms with E-state index in [0.717, 1.165) is 5.39 Å². The van der Waals surface area contributed by atoms with E-state index in [2.05, 4.69) is 4.98 Å². The summed E-state index contributed by atoms with van der Waals surface area (Å²) in [5, 5.41) is 0.782. The highest BCUT2D eigenvalue weighted by Gasteiger charge is 2.19. The number of fused-ring (bicyclic) bond motifs is 2. The van der Waals surface area contributed by atoms with E-state index >= 15 is 0 Å². The summed E-state index contributed by atoms with van der Waals surface area (Å²) in [6.45, 7) is 1.44. The van der Waals surface area contributed by atoms with Gasteiger partial charge in [0.1, 0.15) is 11.1 Å². The van der Waals surface area contributed by atoms with Gasteiger partial charge in [-0.25, -0.2) is 9.78 Å². The zero-order valence-electron chi connectivity index (χ0n) is 12.3. The van der Waals surface area contributed by atoms with Crippen molar-refractivity contribution >= 4 is 27.9 Å². The van der Waals surface area contributed by atoms with E-state index in [-0.39, 0.29) is 11.5 Å². The Morgan fingerprint density at radius 2 is 1.83 bits per heavy atom. The Hall–Kier alpha value is -3.21. The van der Waals surface area contributed by atoms with Crippen molar-refractivity contribution in [2.45, 2.75) is 6.92 Å². The van der Waals surface area contributed by atoms with Gasteiger partial charge in [0.05, 0.1) is 11.0 Å². The third-order valence-corrected chi connectivity index (χ3v) is 3.76. The molecule has 4 aromatic rings. The molecule has 0 aliphatic carbocycles. The molecule has 0 saturated heterocycles. The molecule has 0 amide bonds. The van der Waals surface area contributed by atoms with Gasteiger partial charge in [0.25, 0.3) is 0 Å². The second kappa shape index (κ2) is 4.91. The maximum absolute atomic E-state index is 12.4. The van der Waals surface area contributed by atoms with E-state index in [9.17, 15) is 9.59 Å². The Morgan fingerprint density at radius 1 is 1.09 bits per heavy atom. The maximum Gasteiger partial charge on any atom is 0.347 e. The number of rotatable bonds is 1. The molecule has 5 heteroatoms. The number of hydrogen-bond acceptors (Lipinski definition) is 4. The molecular weight excluding hydrogens is 292 g/mol. The van der Waals surface area contributed by atoms with E-state index in [1.165, 1.54) is 11.5 Å². The molecule has 0 radical (unpaired) electrons. The van der Waals surface area contributed by atoms with Crippen LogP contribution in [0, 0.1) is 0 Å². The van der Waals surface area contributed by atoms with E-state index in [1.807, 2.05) is 24.3 Å². The molecule has 0 N–H and O–H groups in total. The van der Waals surface area contributed by atoms with Gasteiger partial charge in [-0.05, 0) is 24.3 Å². The number of aromatic nitrogens is 2. The number of hydrogen-bond donors (Lipinski definition) is 0. The van der Waals surface area contributed by atoms with Gasteiger partial charge >= 0.3 is 5.63 Å². The average Bonchev–Trinajstić information content (AvgIpc) is 2.93. The van der Waals surface area contributed by atoms with Crippen molar-refractivity contribution in [3.05, 3.63) is 65.0 Å². The second-order valence-electron chi connectivity index (χ2n) is 5.26. The van der Waals surface area contributed by atoms with Crippen LogP contribution in [0.15, 0.2) is 63.8 Å². The van der Waals surface area contributed by atoms with Crippen LogP contribution in [0.2, 0.25) is 0 Å². The summed E-state index contributed by atoms with van der Waals surface area (Å²) in [5.74, 6) is 0.0967. The topological polar surface area (TPSA) is 65.1 Å². The first-order valence-electron chi connectivity index (χ1n) is 7.17. The van der Waals surface area contributed by atoms with Crippen molar-refractivity contribution < 1.29 is 9.21 Å². The molecular formula is C18H12N2O3. The van der Waals surface area contributed by atoms with Gasteiger partial charge in [-0.2, -0.15) is 0 Å². The quantitative estimate of drug-likeness (QED) is 0.505. The summed E-state index contributed by atoms with van der Waals surface area (Å²) in [6, 6.07) is 16.2. The van der Waals surface area contributed by atoms with Crippen molar-refractivity contribution in [2.24, 2.45) is 0 Å². The van der Waals surface area contributed by atoms with Crippen molar-refractivity contribution in [1.82, 2.24) is 9.55 Å². The van der Waals surface area contributed by atoms with Gasteiger partial charge in [0.15, 0.2) is 5.82 Å². The normalized spacial score (nSPS) is 11.2. The summed E-state index contributed by atoms with van der Waals surface area (Å²) in [6.07, 6.45) is 0. The number of carbonyl (C=O) groups excluding carboxylic acids is 1. The fourth-order valence-corrected chi connectivity index (χ4v) is 2.74. The van der Waals surface area contributed by atoms with Crippen molar-refractivity contribution in [2.75, 3.05) is 0 Å². The van der Waals surface area contributed by atoms with Gasteiger partial charge in [0, 0.05) is 12.3 Å². The first-order valence-corrected chi connectivity index (χ1v) is 7.17.